The zero-order chi connectivity index (χ0) is 30.8. The molecule has 7 nitrogen and oxygen atoms in total. The molecule has 1 N–H and O–H groups in total. The maximum atomic E-state index is 14.4. The molecule has 0 saturated heterocycles. The fraction of sp³-hybridized carbons (Fsp3) is 0.229. The Morgan fingerprint density at radius 1 is 0.837 bits per heavy atom. The highest BCUT2D eigenvalue weighted by Crippen LogP contribution is 2.23. The van der Waals surface area contributed by atoms with Gasteiger partial charge >= 0.3 is 5.97 Å². The van der Waals surface area contributed by atoms with Crippen molar-refractivity contribution in [2.45, 2.75) is 26.3 Å². The van der Waals surface area contributed by atoms with Crippen LogP contribution in [0.15, 0.2) is 103 Å². The van der Waals surface area contributed by atoms with Crippen molar-refractivity contribution < 1.29 is 28.2 Å². The van der Waals surface area contributed by atoms with Crippen molar-refractivity contribution in [3.8, 4) is 5.75 Å². The van der Waals surface area contributed by atoms with Crippen molar-refractivity contribution in [2.75, 3.05) is 30.5 Å². The van der Waals surface area contributed by atoms with Gasteiger partial charge in [0.2, 0.25) is 5.91 Å². The third-order valence-electron chi connectivity index (χ3n) is 6.87. The lowest BCUT2D eigenvalue weighted by atomic mass is 10.00. The van der Waals surface area contributed by atoms with Crippen LogP contribution in [0.5, 0.6) is 5.75 Å². The van der Waals surface area contributed by atoms with Gasteiger partial charge in [0.05, 0.1) is 19.3 Å². The Morgan fingerprint density at radius 3 is 2.16 bits per heavy atom. The SMILES string of the molecule is COC(=O)[C@H](Cc1ccc(OCCN(C(=O)C(C)C)c2ccccc2F)cc1)Nc1ccccc1C(=O)c1ccccc1. The van der Waals surface area contributed by atoms with Gasteiger partial charge in [-0.2, -0.15) is 0 Å². The molecule has 1 atom stereocenters. The first-order chi connectivity index (χ1) is 20.8. The maximum Gasteiger partial charge on any atom is 0.328 e. The zero-order valence-corrected chi connectivity index (χ0v) is 24.5. The van der Waals surface area contributed by atoms with Crippen molar-refractivity contribution in [3.05, 3.63) is 126 Å². The number of ketones is 1. The topological polar surface area (TPSA) is 84.9 Å². The van der Waals surface area contributed by atoms with E-state index in [1.165, 1.54) is 18.1 Å². The number of benzene rings is 4. The summed E-state index contributed by atoms with van der Waals surface area (Å²) in [6, 6.07) is 28.6. The fourth-order valence-corrected chi connectivity index (χ4v) is 4.62. The number of anilines is 2. The molecule has 0 bridgehead atoms. The number of carbonyl (C=O) groups is 3. The van der Waals surface area contributed by atoms with Gasteiger partial charge in [-0.25, -0.2) is 9.18 Å². The van der Waals surface area contributed by atoms with Gasteiger partial charge in [-0.1, -0.05) is 80.6 Å². The van der Waals surface area contributed by atoms with Gasteiger partial charge in [0.15, 0.2) is 5.78 Å². The summed E-state index contributed by atoms with van der Waals surface area (Å²) >= 11 is 0. The number of methoxy groups -OCH3 is 1. The van der Waals surface area contributed by atoms with Crippen LogP contribution in [0, 0.1) is 11.7 Å². The number of carbonyl (C=O) groups excluding carboxylic acids is 3. The van der Waals surface area contributed by atoms with Crippen LogP contribution in [0.3, 0.4) is 0 Å². The molecule has 43 heavy (non-hydrogen) atoms. The maximum absolute atomic E-state index is 14.4. The lowest BCUT2D eigenvalue weighted by molar-refractivity contribution is -0.141. The average Bonchev–Trinajstić information content (AvgIpc) is 3.03. The van der Waals surface area contributed by atoms with Crippen molar-refractivity contribution in [2.24, 2.45) is 5.92 Å². The molecule has 0 radical (unpaired) electrons. The minimum Gasteiger partial charge on any atom is -0.492 e. The molecule has 222 valence electrons. The van der Waals surface area contributed by atoms with E-state index >= 15 is 0 Å². The van der Waals surface area contributed by atoms with Crippen LogP contribution in [-0.4, -0.2) is 44.0 Å². The molecule has 4 aromatic rings. The number of halogens is 1. The van der Waals surface area contributed by atoms with E-state index in [4.69, 9.17) is 9.47 Å². The van der Waals surface area contributed by atoms with Crippen LogP contribution in [0.25, 0.3) is 0 Å². The smallest absolute Gasteiger partial charge is 0.328 e. The Kier molecular flexibility index (Phi) is 10.6. The minimum atomic E-state index is -0.752. The molecule has 0 saturated carbocycles. The Labute approximate surface area is 251 Å². The molecule has 4 aromatic carbocycles. The molecule has 0 unspecified atom stereocenters. The van der Waals surface area contributed by atoms with Crippen LogP contribution < -0.4 is 15.0 Å². The summed E-state index contributed by atoms with van der Waals surface area (Å²) in [5, 5.41) is 3.20. The Bertz CT molecular complexity index is 1540. The monoisotopic (exact) mass is 582 g/mol. The van der Waals surface area contributed by atoms with E-state index in [0.717, 1.165) is 5.56 Å². The summed E-state index contributed by atoms with van der Waals surface area (Å²) in [7, 11) is 1.32. The highest BCUT2D eigenvalue weighted by molar-refractivity contribution is 6.12. The molecule has 0 fully saturated rings. The van der Waals surface area contributed by atoms with Gasteiger partial charge in [-0.05, 0) is 42.0 Å². The van der Waals surface area contributed by atoms with E-state index in [-0.39, 0.29) is 36.4 Å². The second kappa shape index (κ2) is 14.8. The predicted octanol–water partition coefficient (Wildman–Crippen LogP) is 6.32. The third kappa shape index (κ3) is 8.07. The van der Waals surface area contributed by atoms with E-state index in [0.29, 0.717) is 29.0 Å². The van der Waals surface area contributed by atoms with Crippen molar-refractivity contribution in [1.82, 2.24) is 0 Å². The number of hydrogen-bond acceptors (Lipinski definition) is 6. The van der Waals surface area contributed by atoms with Crippen molar-refractivity contribution in [3.63, 3.8) is 0 Å². The van der Waals surface area contributed by atoms with Crippen LogP contribution in [0.4, 0.5) is 15.8 Å². The van der Waals surface area contributed by atoms with E-state index in [2.05, 4.69) is 5.32 Å². The number of para-hydroxylation sites is 2. The number of hydrogen-bond donors (Lipinski definition) is 1. The standard InChI is InChI=1S/C35H35FN2O5/c1-24(2)34(40)38(32-16-10-8-14-29(32)36)21-22-43-27-19-17-25(18-20-27)23-31(35(41)42-3)37-30-15-9-7-13-28(30)33(39)26-11-5-4-6-12-26/h4-20,24,31,37H,21-23H2,1-3H3/t31-/m0/s1. The van der Waals surface area contributed by atoms with Gasteiger partial charge in [0, 0.05) is 29.2 Å². The highest BCUT2D eigenvalue weighted by Gasteiger charge is 2.23. The molecule has 1 amide bonds. The average molecular weight is 583 g/mol. The van der Waals surface area contributed by atoms with Gasteiger partial charge in [0.1, 0.15) is 24.2 Å². The number of ether oxygens (including phenoxy) is 2. The van der Waals surface area contributed by atoms with Gasteiger partial charge in [0.25, 0.3) is 0 Å². The molecular formula is C35H35FN2O5. The van der Waals surface area contributed by atoms with Gasteiger partial charge < -0.3 is 19.7 Å². The first kappa shape index (κ1) is 31.0. The number of amides is 1. The summed E-state index contributed by atoms with van der Waals surface area (Å²) in [5.41, 5.74) is 2.58. The third-order valence-corrected chi connectivity index (χ3v) is 6.87. The molecule has 8 heteroatoms. The van der Waals surface area contributed by atoms with Gasteiger partial charge in [-0.3, -0.25) is 9.59 Å². The predicted molar refractivity (Wildman–Crippen MR) is 165 cm³/mol. The van der Waals surface area contributed by atoms with Crippen molar-refractivity contribution >= 4 is 29.0 Å². The quantitative estimate of drug-likeness (QED) is 0.147. The molecule has 4 rings (SSSR count). The number of esters is 1. The molecule has 0 aliphatic rings. The van der Waals surface area contributed by atoms with Gasteiger partial charge in [-0.15, -0.1) is 0 Å². The molecule has 0 heterocycles. The zero-order valence-electron chi connectivity index (χ0n) is 24.5. The van der Waals surface area contributed by atoms with Crippen LogP contribution in [0.2, 0.25) is 0 Å². The van der Waals surface area contributed by atoms with E-state index in [1.54, 1.807) is 92.7 Å². The molecular weight excluding hydrogens is 547 g/mol. The van der Waals surface area contributed by atoms with E-state index in [1.807, 2.05) is 18.2 Å². The van der Waals surface area contributed by atoms with Crippen LogP contribution in [0.1, 0.15) is 35.3 Å². The number of nitrogens with zero attached hydrogens (tertiary/aromatic N) is 1. The van der Waals surface area contributed by atoms with Crippen LogP contribution in [-0.2, 0) is 20.7 Å². The summed E-state index contributed by atoms with van der Waals surface area (Å²) in [4.78, 5) is 40.1. The molecule has 0 aromatic heterocycles. The molecule has 0 aliphatic heterocycles. The van der Waals surface area contributed by atoms with E-state index in [9.17, 15) is 18.8 Å². The summed E-state index contributed by atoms with van der Waals surface area (Å²) in [6.07, 6.45) is 0.296. The van der Waals surface area contributed by atoms with E-state index < -0.39 is 17.8 Å². The summed E-state index contributed by atoms with van der Waals surface area (Å²) < 4.78 is 25.4. The fourth-order valence-electron chi connectivity index (χ4n) is 4.62. The second-order valence-electron chi connectivity index (χ2n) is 10.3. The normalized spacial score (nSPS) is 11.5. The molecule has 0 aliphatic carbocycles. The lowest BCUT2D eigenvalue weighted by Crippen LogP contribution is -2.38. The Hall–Kier alpha value is -4.98. The second-order valence-corrected chi connectivity index (χ2v) is 10.3. The Morgan fingerprint density at radius 2 is 1.49 bits per heavy atom. The number of rotatable bonds is 13. The first-order valence-corrected chi connectivity index (χ1v) is 14.1. The first-order valence-electron chi connectivity index (χ1n) is 14.1. The largest absolute Gasteiger partial charge is 0.492 e. The highest BCUT2D eigenvalue weighted by atomic mass is 19.1. The summed E-state index contributed by atoms with van der Waals surface area (Å²) in [5.74, 6) is -1.03. The van der Waals surface area contributed by atoms with Crippen LogP contribution >= 0.6 is 0 Å². The minimum absolute atomic E-state index is 0.155. The lowest BCUT2D eigenvalue weighted by Gasteiger charge is -2.25. The number of nitrogens with one attached hydrogen (secondary N) is 1. The van der Waals surface area contributed by atoms with Crippen molar-refractivity contribution in [1.29, 1.82) is 0 Å². The summed E-state index contributed by atoms with van der Waals surface area (Å²) in [6.45, 7) is 3.87. The Balaban J connectivity index is 1.42. The molecule has 0 spiro atoms.